The van der Waals surface area contributed by atoms with E-state index in [4.69, 9.17) is 11.6 Å². The summed E-state index contributed by atoms with van der Waals surface area (Å²) in [7, 11) is 0. The fourth-order valence-corrected chi connectivity index (χ4v) is 2.44. The maximum Gasteiger partial charge on any atom is 0.228 e. The molecule has 0 spiro atoms. The molecule has 0 aliphatic heterocycles. The van der Waals surface area contributed by atoms with Crippen LogP contribution in [0.2, 0.25) is 5.02 Å². The van der Waals surface area contributed by atoms with Crippen LogP contribution in [-0.4, -0.2) is 20.7 Å². The van der Waals surface area contributed by atoms with Gasteiger partial charge in [-0.15, -0.1) is 0 Å². The van der Waals surface area contributed by atoms with Gasteiger partial charge in [0.25, 0.3) is 0 Å². The summed E-state index contributed by atoms with van der Waals surface area (Å²) >= 11 is 5.92. The molecular weight excluding hydrogens is 312 g/mol. The molecule has 0 bridgehead atoms. The van der Waals surface area contributed by atoms with Crippen molar-refractivity contribution in [1.29, 1.82) is 0 Å². The van der Waals surface area contributed by atoms with E-state index in [1.54, 1.807) is 41.6 Å². The first-order valence-corrected chi connectivity index (χ1v) is 7.52. The molecule has 5 nitrogen and oxygen atoms in total. The second-order valence-corrected chi connectivity index (χ2v) is 5.57. The van der Waals surface area contributed by atoms with Crippen LogP contribution in [0.15, 0.2) is 61.2 Å². The standard InChI is InChI=1S/C17H15ClN4O/c18-15-3-1-2-14(8-15)9-17(23)21-16-10-20-22(12-16)11-13-4-6-19-7-5-13/h1-8,10,12H,9,11H2,(H,21,23). The number of hydrogen-bond acceptors (Lipinski definition) is 3. The highest BCUT2D eigenvalue weighted by Crippen LogP contribution is 2.12. The van der Waals surface area contributed by atoms with Crippen LogP contribution in [0, 0.1) is 0 Å². The Kier molecular flexibility index (Phi) is 4.68. The fourth-order valence-electron chi connectivity index (χ4n) is 2.23. The molecule has 2 heterocycles. The molecule has 23 heavy (non-hydrogen) atoms. The van der Waals surface area contributed by atoms with E-state index < -0.39 is 0 Å². The average molecular weight is 327 g/mol. The number of pyridine rings is 1. The third kappa shape index (κ3) is 4.40. The number of amides is 1. The summed E-state index contributed by atoms with van der Waals surface area (Å²) in [5.41, 5.74) is 2.64. The lowest BCUT2D eigenvalue weighted by Gasteiger charge is -2.03. The third-order valence-electron chi connectivity index (χ3n) is 3.26. The molecule has 116 valence electrons. The van der Waals surface area contributed by atoms with Gasteiger partial charge in [-0.3, -0.25) is 14.5 Å². The molecule has 2 aromatic heterocycles. The number of aromatic nitrogens is 3. The Labute approximate surface area is 138 Å². The van der Waals surface area contributed by atoms with Gasteiger partial charge in [0.15, 0.2) is 0 Å². The van der Waals surface area contributed by atoms with Crippen molar-refractivity contribution in [3.05, 3.63) is 77.3 Å². The molecule has 3 rings (SSSR count). The van der Waals surface area contributed by atoms with E-state index in [0.717, 1.165) is 11.1 Å². The second-order valence-electron chi connectivity index (χ2n) is 5.14. The quantitative estimate of drug-likeness (QED) is 0.783. The lowest BCUT2D eigenvalue weighted by atomic mass is 10.1. The molecule has 0 saturated carbocycles. The van der Waals surface area contributed by atoms with Crippen LogP contribution in [0.1, 0.15) is 11.1 Å². The number of rotatable bonds is 5. The topological polar surface area (TPSA) is 59.8 Å². The molecule has 0 atom stereocenters. The Bertz CT molecular complexity index is 801. The van der Waals surface area contributed by atoms with Gasteiger partial charge in [0, 0.05) is 23.6 Å². The molecule has 0 aliphatic rings. The van der Waals surface area contributed by atoms with E-state index >= 15 is 0 Å². The van der Waals surface area contributed by atoms with Gasteiger partial charge in [-0.1, -0.05) is 23.7 Å². The van der Waals surface area contributed by atoms with Gasteiger partial charge < -0.3 is 5.32 Å². The molecule has 1 N–H and O–H groups in total. The lowest BCUT2D eigenvalue weighted by molar-refractivity contribution is -0.115. The van der Waals surface area contributed by atoms with Gasteiger partial charge in [0.05, 0.1) is 24.8 Å². The number of anilines is 1. The van der Waals surface area contributed by atoms with Crippen molar-refractivity contribution in [2.75, 3.05) is 5.32 Å². The summed E-state index contributed by atoms with van der Waals surface area (Å²) in [4.78, 5) is 16.0. The van der Waals surface area contributed by atoms with Crippen molar-refractivity contribution in [2.45, 2.75) is 13.0 Å². The molecular formula is C17H15ClN4O. The molecule has 0 aliphatic carbocycles. The monoisotopic (exact) mass is 326 g/mol. The van der Waals surface area contributed by atoms with E-state index in [1.165, 1.54) is 0 Å². The zero-order valence-corrected chi connectivity index (χ0v) is 13.1. The van der Waals surface area contributed by atoms with Gasteiger partial charge in [-0.05, 0) is 35.4 Å². The summed E-state index contributed by atoms with van der Waals surface area (Å²) in [5, 5.41) is 7.71. The van der Waals surface area contributed by atoms with E-state index in [-0.39, 0.29) is 12.3 Å². The number of carbonyl (C=O) groups is 1. The average Bonchev–Trinajstić information content (AvgIpc) is 2.95. The maximum atomic E-state index is 12.1. The van der Waals surface area contributed by atoms with Gasteiger partial charge in [0.1, 0.15) is 0 Å². The zero-order chi connectivity index (χ0) is 16.1. The highest BCUT2D eigenvalue weighted by Gasteiger charge is 2.06. The maximum absolute atomic E-state index is 12.1. The number of halogens is 1. The molecule has 0 unspecified atom stereocenters. The first-order chi connectivity index (χ1) is 11.2. The van der Waals surface area contributed by atoms with Gasteiger partial charge in [0.2, 0.25) is 5.91 Å². The highest BCUT2D eigenvalue weighted by molar-refractivity contribution is 6.30. The van der Waals surface area contributed by atoms with Crippen LogP contribution < -0.4 is 5.32 Å². The Balaban J connectivity index is 1.59. The number of hydrogen-bond donors (Lipinski definition) is 1. The third-order valence-corrected chi connectivity index (χ3v) is 3.50. The smallest absolute Gasteiger partial charge is 0.228 e. The predicted molar refractivity (Wildman–Crippen MR) is 89.4 cm³/mol. The second kappa shape index (κ2) is 7.07. The largest absolute Gasteiger partial charge is 0.323 e. The van der Waals surface area contributed by atoms with Crippen molar-refractivity contribution in [1.82, 2.24) is 14.8 Å². The molecule has 0 saturated heterocycles. The Hall–Kier alpha value is -2.66. The molecule has 0 fully saturated rings. The van der Waals surface area contributed by atoms with Crippen molar-refractivity contribution in [3.8, 4) is 0 Å². The molecule has 6 heteroatoms. The van der Waals surface area contributed by atoms with E-state index in [0.29, 0.717) is 17.3 Å². The first kappa shape index (κ1) is 15.2. The number of nitrogens with one attached hydrogen (secondary N) is 1. The fraction of sp³-hybridized carbons (Fsp3) is 0.118. The van der Waals surface area contributed by atoms with Crippen LogP contribution in [0.4, 0.5) is 5.69 Å². The SMILES string of the molecule is O=C(Cc1cccc(Cl)c1)Nc1cnn(Cc2ccncc2)c1. The minimum Gasteiger partial charge on any atom is -0.323 e. The molecule has 0 radical (unpaired) electrons. The minimum atomic E-state index is -0.101. The Morgan fingerprint density at radius 3 is 2.78 bits per heavy atom. The van der Waals surface area contributed by atoms with E-state index in [1.807, 2.05) is 24.3 Å². The van der Waals surface area contributed by atoms with Gasteiger partial charge >= 0.3 is 0 Å². The number of benzene rings is 1. The summed E-state index contributed by atoms with van der Waals surface area (Å²) in [5.74, 6) is -0.101. The van der Waals surface area contributed by atoms with Crippen molar-refractivity contribution in [3.63, 3.8) is 0 Å². The lowest BCUT2D eigenvalue weighted by Crippen LogP contribution is -2.14. The molecule has 1 aromatic carbocycles. The first-order valence-electron chi connectivity index (χ1n) is 7.15. The summed E-state index contributed by atoms with van der Waals surface area (Å²) in [6, 6.07) is 11.1. The summed E-state index contributed by atoms with van der Waals surface area (Å²) < 4.78 is 1.77. The Morgan fingerprint density at radius 2 is 2.00 bits per heavy atom. The van der Waals surface area contributed by atoms with E-state index in [9.17, 15) is 4.79 Å². The normalized spacial score (nSPS) is 10.5. The van der Waals surface area contributed by atoms with Crippen LogP contribution in [-0.2, 0) is 17.8 Å². The van der Waals surface area contributed by atoms with E-state index in [2.05, 4.69) is 15.4 Å². The van der Waals surface area contributed by atoms with Crippen molar-refractivity contribution < 1.29 is 4.79 Å². The zero-order valence-electron chi connectivity index (χ0n) is 12.3. The minimum absolute atomic E-state index is 0.101. The van der Waals surface area contributed by atoms with Crippen LogP contribution in [0.3, 0.4) is 0 Å². The number of carbonyl (C=O) groups excluding carboxylic acids is 1. The van der Waals surface area contributed by atoms with Gasteiger partial charge in [-0.2, -0.15) is 5.10 Å². The van der Waals surface area contributed by atoms with Crippen LogP contribution in [0.5, 0.6) is 0 Å². The summed E-state index contributed by atoms with van der Waals surface area (Å²) in [6.45, 7) is 0.632. The van der Waals surface area contributed by atoms with Crippen molar-refractivity contribution in [2.24, 2.45) is 0 Å². The molecule has 1 amide bonds. The highest BCUT2D eigenvalue weighted by atomic mass is 35.5. The van der Waals surface area contributed by atoms with Crippen molar-refractivity contribution >= 4 is 23.2 Å². The summed E-state index contributed by atoms with van der Waals surface area (Å²) in [6.07, 6.45) is 7.20. The Morgan fingerprint density at radius 1 is 1.17 bits per heavy atom. The predicted octanol–water partition coefficient (Wildman–Crippen LogP) is 3.16. The molecule has 3 aromatic rings. The number of nitrogens with zero attached hydrogens (tertiary/aromatic N) is 3. The van der Waals surface area contributed by atoms with Gasteiger partial charge in [-0.25, -0.2) is 0 Å². The van der Waals surface area contributed by atoms with Crippen LogP contribution >= 0.6 is 11.6 Å². The van der Waals surface area contributed by atoms with Crippen LogP contribution in [0.25, 0.3) is 0 Å².